The van der Waals surface area contributed by atoms with Gasteiger partial charge in [-0.25, -0.2) is 9.18 Å². The maximum atomic E-state index is 13.1. The Kier molecular flexibility index (Phi) is 6.69. The summed E-state index contributed by atoms with van der Waals surface area (Å²) in [7, 11) is 0. The third kappa shape index (κ3) is 5.04. The van der Waals surface area contributed by atoms with Crippen LogP contribution in [0.15, 0.2) is 79.8 Å². The number of hydrogen-bond acceptors (Lipinski definition) is 5. The maximum Gasteiger partial charge on any atom is 0.349 e. The van der Waals surface area contributed by atoms with Gasteiger partial charge in [-0.3, -0.25) is 4.79 Å². The van der Waals surface area contributed by atoms with Gasteiger partial charge in [0.25, 0.3) is 5.56 Å². The lowest BCUT2D eigenvalue weighted by atomic mass is 10.2. The molecule has 0 spiro atoms. The predicted octanol–water partition coefficient (Wildman–Crippen LogP) is 4.45. The molecule has 4 aromatic rings. The summed E-state index contributed by atoms with van der Waals surface area (Å²) in [4.78, 5) is 27.6. The van der Waals surface area contributed by atoms with Gasteiger partial charge < -0.3 is 14.5 Å². The van der Waals surface area contributed by atoms with E-state index >= 15 is 0 Å². The molecule has 7 nitrogen and oxygen atoms in total. The lowest BCUT2D eigenvalue weighted by Crippen LogP contribution is -2.32. The van der Waals surface area contributed by atoms with Crippen LogP contribution in [0, 0.1) is 5.82 Å². The quantitative estimate of drug-likeness (QED) is 0.371. The number of para-hydroxylation sites is 1. The number of H-pyrrole nitrogens is 1. The molecule has 168 valence electrons. The first-order valence-corrected chi connectivity index (χ1v) is 10.9. The standard InChI is InChI=1S/C24H19BrFN3O4/c1-2-32-21-12-16(11-19(25)22(21)33-14-15-7-9-17(26)10-8-15)13-27-29-23(30)18-5-3-4-6-20(18)28-24(29)31/h3-13H,2,14H2,1H3,(H,28,31). The average Bonchev–Trinajstić information content (AvgIpc) is 2.80. The molecule has 0 atom stereocenters. The average molecular weight is 512 g/mol. The molecule has 33 heavy (non-hydrogen) atoms. The molecule has 1 N–H and O–H groups in total. The monoisotopic (exact) mass is 511 g/mol. The molecule has 0 saturated carbocycles. The van der Waals surface area contributed by atoms with Crippen molar-refractivity contribution in [1.82, 2.24) is 9.66 Å². The Hall–Kier alpha value is -3.72. The van der Waals surface area contributed by atoms with Crippen LogP contribution in [0.25, 0.3) is 10.9 Å². The normalized spacial score (nSPS) is 11.2. The minimum absolute atomic E-state index is 0.217. The Morgan fingerprint density at radius 2 is 1.85 bits per heavy atom. The molecule has 0 saturated heterocycles. The van der Waals surface area contributed by atoms with Crippen molar-refractivity contribution in [3.63, 3.8) is 0 Å². The topological polar surface area (TPSA) is 85.7 Å². The SMILES string of the molecule is CCOc1cc(C=Nn2c(=O)[nH]c3ccccc3c2=O)cc(Br)c1OCc1ccc(F)cc1. The minimum Gasteiger partial charge on any atom is -0.490 e. The molecular formula is C24H19BrFN3O4. The molecule has 1 heterocycles. The van der Waals surface area contributed by atoms with Crippen molar-refractivity contribution in [2.24, 2.45) is 5.10 Å². The molecule has 0 aliphatic carbocycles. The van der Waals surface area contributed by atoms with Gasteiger partial charge in [-0.05, 0) is 70.4 Å². The van der Waals surface area contributed by atoms with E-state index < -0.39 is 11.2 Å². The molecular weight excluding hydrogens is 493 g/mol. The highest BCUT2D eigenvalue weighted by atomic mass is 79.9. The minimum atomic E-state index is -0.640. The van der Waals surface area contributed by atoms with Gasteiger partial charge in [0.1, 0.15) is 12.4 Å². The molecule has 1 aromatic heterocycles. The first-order valence-electron chi connectivity index (χ1n) is 10.1. The van der Waals surface area contributed by atoms with E-state index in [1.807, 2.05) is 6.92 Å². The summed E-state index contributed by atoms with van der Waals surface area (Å²) in [6, 6.07) is 16.2. The third-order valence-corrected chi connectivity index (χ3v) is 5.32. The van der Waals surface area contributed by atoms with Crippen LogP contribution in [-0.4, -0.2) is 22.5 Å². The summed E-state index contributed by atoms with van der Waals surface area (Å²) in [6.07, 6.45) is 1.39. The Bertz CT molecular complexity index is 1450. The molecule has 4 rings (SSSR count). The second-order valence-corrected chi connectivity index (χ2v) is 7.87. The van der Waals surface area contributed by atoms with E-state index in [9.17, 15) is 14.0 Å². The lowest BCUT2D eigenvalue weighted by Gasteiger charge is -2.14. The number of nitrogens with one attached hydrogen (secondary N) is 1. The van der Waals surface area contributed by atoms with Gasteiger partial charge in [-0.15, -0.1) is 4.68 Å². The summed E-state index contributed by atoms with van der Waals surface area (Å²) in [5, 5.41) is 4.44. The van der Waals surface area contributed by atoms with Crippen LogP contribution in [0.1, 0.15) is 18.1 Å². The number of aromatic nitrogens is 2. The van der Waals surface area contributed by atoms with Gasteiger partial charge in [0.05, 0.1) is 28.2 Å². The predicted molar refractivity (Wildman–Crippen MR) is 128 cm³/mol. The third-order valence-electron chi connectivity index (χ3n) is 4.73. The van der Waals surface area contributed by atoms with E-state index in [0.717, 1.165) is 10.2 Å². The number of nitrogens with zero attached hydrogens (tertiary/aromatic N) is 2. The first-order chi connectivity index (χ1) is 16.0. The van der Waals surface area contributed by atoms with Crippen molar-refractivity contribution in [2.45, 2.75) is 13.5 Å². The van der Waals surface area contributed by atoms with E-state index in [2.05, 4.69) is 26.0 Å². The summed E-state index contributed by atoms with van der Waals surface area (Å²) in [6.45, 7) is 2.45. The van der Waals surface area contributed by atoms with Gasteiger partial charge in [-0.1, -0.05) is 24.3 Å². The zero-order valence-corrected chi connectivity index (χ0v) is 19.1. The molecule has 0 aliphatic rings. The zero-order valence-electron chi connectivity index (χ0n) is 17.5. The zero-order chi connectivity index (χ0) is 23.4. The number of aromatic amines is 1. The Morgan fingerprint density at radius 1 is 1.09 bits per heavy atom. The number of rotatable bonds is 7. The van der Waals surface area contributed by atoms with E-state index in [1.165, 1.54) is 18.3 Å². The van der Waals surface area contributed by atoms with E-state index in [0.29, 0.717) is 39.0 Å². The van der Waals surface area contributed by atoms with Gasteiger partial charge >= 0.3 is 5.69 Å². The molecule has 0 amide bonds. The van der Waals surface area contributed by atoms with Gasteiger partial charge in [-0.2, -0.15) is 5.10 Å². The van der Waals surface area contributed by atoms with Crippen molar-refractivity contribution < 1.29 is 13.9 Å². The molecule has 0 unspecified atom stereocenters. The molecule has 0 aliphatic heterocycles. The van der Waals surface area contributed by atoms with Gasteiger partial charge in [0, 0.05) is 0 Å². The van der Waals surface area contributed by atoms with Crippen LogP contribution < -0.4 is 20.7 Å². The van der Waals surface area contributed by atoms with E-state index in [1.54, 1.807) is 48.5 Å². The van der Waals surface area contributed by atoms with Crippen LogP contribution in [0.5, 0.6) is 11.5 Å². The summed E-state index contributed by atoms with van der Waals surface area (Å²) in [5.41, 5.74) is 0.667. The number of fused-ring (bicyclic) bond motifs is 1. The molecule has 9 heteroatoms. The van der Waals surface area contributed by atoms with Crippen LogP contribution >= 0.6 is 15.9 Å². The number of halogens is 2. The fourth-order valence-electron chi connectivity index (χ4n) is 3.18. The van der Waals surface area contributed by atoms with Crippen LogP contribution in [0.4, 0.5) is 4.39 Å². The lowest BCUT2D eigenvalue weighted by molar-refractivity contribution is 0.267. The Morgan fingerprint density at radius 3 is 2.61 bits per heavy atom. The number of benzene rings is 3. The van der Waals surface area contributed by atoms with Crippen LogP contribution in [0.3, 0.4) is 0 Å². The van der Waals surface area contributed by atoms with Crippen molar-refractivity contribution in [1.29, 1.82) is 0 Å². The van der Waals surface area contributed by atoms with Crippen LogP contribution in [0.2, 0.25) is 0 Å². The van der Waals surface area contributed by atoms with E-state index in [-0.39, 0.29) is 12.4 Å². The van der Waals surface area contributed by atoms with E-state index in [4.69, 9.17) is 9.47 Å². The van der Waals surface area contributed by atoms with Crippen molar-refractivity contribution in [3.8, 4) is 11.5 Å². The second-order valence-electron chi connectivity index (χ2n) is 7.02. The molecule has 0 radical (unpaired) electrons. The van der Waals surface area contributed by atoms with Gasteiger partial charge in [0.2, 0.25) is 0 Å². The Balaban J connectivity index is 1.64. The summed E-state index contributed by atoms with van der Waals surface area (Å²) in [5.74, 6) is 0.609. The highest BCUT2D eigenvalue weighted by Gasteiger charge is 2.13. The fourth-order valence-corrected chi connectivity index (χ4v) is 3.76. The number of hydrogen-bond donors (Lipinski definition) is 1. The van der Waals surface area contributed by atoms with Gasteiger partial charge in [0.15, 0.2) is 11.5 Å². The first kappa shape index (κ1) is 22.5. The number of ether oxygens (including phenoxy) is 2. The fraction of sp³-hybridized carbons (Fsp3) is 0.125. The highest BCUT2D eigenvalue weighted by Crippen LogP contribution is 2.37. The molecule has 0 bridgehead atoms. The molecule has 3 aromatic carbocycles. The largest absolute Gasteiger partial charge is 0.490 e. The second kappa shape index (κ2) is 9.83. The van der Waals surface area contributed by atoms with Crippen molar-refractivity contribution in [2.75, 3.05) is 6.61 Å². The summed E-state index contributed by atoms with van der Waals surface area (Å²) < 4.78 is 26.1. The van der Waals surface area contributed by atoms with Crippen LogP contribution in [-0.2, 0) is 6.61 Å². The Labute approximate surface area is 196 Å². The highest BCUT2D eigenvalue weighted by molar-refractivity contribution is 9.10. The summed E-state index contributed by atoms with van der Waals surface area (Å²) >= 11 is 3.48. The van der Waals surface area contributed by atoms with Crippen molar-refractivity contribution in [3.05, 3.63) is 103 Å². The smallest absolute Gasteiger partial charge is 0.349 e. The maximum absolute atomic E-state index is 13.1. The van der Waals surface area contributed by atoms with Crippen molar-refractivity contribution >= 4 is 33.0 Å². The molecule has 0 fully saturated rings.